The summed E-state index contributed by atoms with van der Waals surface area (Å²) in [5.74, 6) is 0.870. The largest absolute Gasteiger partial charge is 0.323 e. The summed E-state index contributed by atoms with van der Waals surface area (Å²) < 4.78 is 0. The van der Waals surface area contributed by atoms with E-state index in [0.29, 0.717) is 0 Å². The second-order valence-electron chi connectivity index (χ2n) is 5.19. The number of fused-ring (bicyclic) bond motifs is 1. The average molecular weight is 294 g/mol. The third-order valence-electron chi connectivity index (χ3n) is 3.51. The van der Waals surface area contributed by atoms with Crippen molar-refractivity contribution < 1.29 is 0 Å². The van der Waals surface area contributed by atoms with Gasteiger partial charge in [-0.05, 0) is 42.8 Å². The number of pyridine rings is 1. The van der Waals surface area contributed by atoms with Gasteiger partial charge in [-0.1, -0.05) is 29.8 Å². The molecule has 2 nitrogen and oxygen atoms in total. The number of hydrogen-bond acceptors (Lipinski definition) is 3. The van der Waals surface area contributed by atoms with E-state index in [0.717, 1.165) is 22.2 Å². The van der Waals surface area contributed by atoms with Crippen molar-refractivity contribution in [3.05, 3.63) is 71.9 Å². The van der Waals surface area contributed by atoms with Crippen molar-refractivity contribution in [2.75, 3.05) is 5.75 Å². The molecule has 0 aliphatic rings. The molecule has 1 heterocycles. The molecule has 0 aliphatic heterocycles. The standard InChI is InChI=1S/C18H18N2S/c1-13-4-7-16(8-5-13)21-12-17(19)14-6-9-18-15(11-14)3-2-10-20-18/h2-11,17H,12,19H2,1H3. The minimum atomic E-state index is 0.0286. The van der Waals surface area contributed by atoms with Gasteiger partial charge in [-0.25, -0.2) is 0 Å². The van der Waals surface area contributed by atoms with Crippen molar-refractivity contribution >= 4 is 22.7 Å². The van der Waals surface area contributed by atoms with Crippen LogP contribution in [-0.4, -0.2) is 10.7 Å². The maximum Gasteiger partial charge on any atom is 0.0702 e. The lowest BCUT2D eigenvalue weighted by atomic mass is 10.1. The van der Waals surface area contributed by atoms with Gasteiger partial charge in [-0.3, -0.25) is 4.98 Å². The molecular weight excluding hydrogens is 276 g/mol. The number of rotatable bonds is 4. The van der Waals surface area contributed by atoms with E-state index in [4.69, 9.17) is 5.73 Å². The van der Waals surface area contributed by atoms with Crippen LogP contribution in [0.2, 0.25) is 0 Å². The SMILES string of the molecule is Cc1ccc(SCC(N)c2ccc3ncccc3c2)cc1. The van der Waals surface area contributed by atoms with E-state index < -0.39 is 0 Å². The van der Waals surface area contributed by atoms with Crippen molar-refractivity contribution in [3.63, 3.8) is 0 Å². The van der Waals surface area contributed by atoms with E-state index in [9.17, 15) is 0 Å². The van der Waals surface area contributed by atoms with Gasteiger partial charge in [0, 0.05) is 28.3 Å². The Bertz CT molecular complexity index is 738. The van der Waals surface area contributed by atoms with Gasteiger partial charge in [-0.15, -0.1) is 11.8 Å². The first-order valence-electron chi connectivity index (χ1n) is 7.02. The van der Waals surface area contributed by atoms with Crippen LogP contribution in [0.3, 0.4) is 0 Å². The molecule has 0 aliphatic carbocycles. The Kier molecular flexibility index (Phi) is 4.23. The predicted octanol–water partition coefficient (Wildman–Crippen LogP) is 4.34. The van der Waals surface area contributed by atoms with Crippen LogP contribution < -0.4 is 5.73 Å². The minimum Gasteiger partial charge on any atom is -0.323 e. The summed E-state index contributed by atoms with van der Waals surface area (Å²) >= 11 is 1.80. The quantitative estimate of drug-likeness (QED) is 0.728. The van der Waals surface area contributed by atoms with E-state index in [2.05, 4.69) is 54.4 Å². The van der Waals surface area contributed by atoms with Crippen LogP contribution in [0, 0.1) is 6.92 Å². The molecule has 0 saturated heterocycles. The van der Waals surface area contributed by atoms with Gasteiger partial charge in [0.25, 0.3) is 0 Å². The molecule has 1 unspecified atom stereocenters. The van der Waals surface area contributed by atoms with Gasteiger partial charge in [0.15, 0.2) is 0 Å². The Labute approximate surface area is 129 Å². The summed E-state index contributed by atoms with van der Waals surface area (Å²) in [4.78, 5) is 5.60. The highest BCUT2D eigenvalue weighted by molar-refractivity contribution is 7.99. The van der Waals surface area contributed by atoms with Crippen molar-refractivity contribution in [3.8, 4) is 0 Å². The first-order valence-corrected chi connectivity index (χ1v) is 8.01. The molecule has 0 bridgehead atoms. The Balaban J connectivity index is 1.71. The Hall–Kier alpha value is -1.84. The molecule has 0 amide bonds. The number of nitrogens with two attached hydrogens (primary N) is 1. The summed E-state index contributed by atoms with van der Waals surface area (Å²) in [5.41, 5.74) is 9.78. The van der Waals surface area contributed by atoms with Crippen molar-refractivity contribution in [2.24, 2.45) is 5.73 Å². The molecule has 0 fully saturated rings. The van der Waals surface area contributed by atoms with Crippen LogP contribution >= 0.6 is 11.8 Å². The molecule has 3 rings (SSSR count). The van der Waals surface area contributed by atoms with Gasteiger partial charge < -0.3 is 5.73 Å². The van der Waals surface area contributed by atoms with Crippen LogP contribution in [0.15, 0.2) is 65.7 Å². The summed E-state index contributed by atoms with van der Waals surface area (Å²) in [6, 6.07) is 18.9. The van der Waals surface area contributed by atoms with Crippen molar-refractivity contribution in [1.29, 1.82) is 0 Å². The molecule has 1 aromatic heterocycles. The highest BCUT2D eigenvalue weighted by Gasteiger charge is 2.08. The van der Waals surface area contributed by atoms with E-state index in [-0.39, 0.29) is 6.04 Å². The molecule has 0 spiro atoms. The monoisotopic (exact) mass is 294 g/mol. The highest BCUT2D eigenvalue weighted by atomic mass is 32.2. The molecule has 2 aromatic carbocycles. The smallest absolute Gasteiger partial charge is 0.0702 e. The van der Waals surface area contributed by atoms with Crippen LogP contribution in [0.25, 0.3) is 10.9 Å². The van der Waals surface area contributed by atoms with Crippen LogP contribution in [0.5, 0.6) is 0 Å². The number of hydrogen-bond donors (Lipinski definition) is 1. The third kappa shape index (κ3) is 3.43. The summed E-state index contributed by atoms with van der Waals surface area (Å²) in [5, 5.41) is 1.14. The summed E-state index contributed by atoms with van der Waals surface area (Å²) in [6.07, 6.45) is 1.81. The number of thioether (sulfide) groups is 1. The fourth-order valence-electron chi connectivity index (χ4n) is 2.24. The van der Waals surface area contributed by atoms with E-state index in [1.54, 1.807) is 11.8 Å². The van der Waals surface area contributed by atoms with Crippen molar-refractivity contribution in [1.82, 2.24) is 4.98 Å². The molecule has 3 heteroatoms. The number of nitrogens with zero attached hydrogens (tertiary/aromatic N) is 1. The first-order chi connectivity index (χ1) is 10.2. The molecule has 1 atom stereocenters. The fraction of sp³-hybridized carbons (Fsp3) is 0.167. The summed E-state index contributed by atoms with van der Waals surface area (Å²) in [7, 11) is 0. The third-order valence-corrected chi connectivity index (χ3v) is 4.64. The lowest BCUT2D eigenvalue weighted by Crippen LogP contribution is -2.12. The van der Waals surface area contributed by atoms with E-state index in [1.165, 1.54) is 10.5 Å². The van der Waals surface area contributed by atoms with Gasteiger partial charge in [0.2, 0.25) is 0 Å². The average Bonchev–Trinajstić information content (AvgIpc) is 2.53. The van der Waals surface area contributed by atoms with Gasteiger partial charge in [-0.2, -0.15) is 0 Å². The number of aromatic nitrogens is 1. The minimum absolute atomic E-state index is 0.0286. The Morgan fingerprint density at radius 2 is 1.90 bits per heavy atom. The van der Waals surface area contributed by atoms with E-state index in [1.807, 2.05) is 18.3 Å². The zero-order valence-electron chi connectivity index (χ0n) is 12.0. The first kappa shape index (κ1) is 14.1. The molecule has 2 N–H and O–H groups in total. The molecule has 21 heavy (non-hydrogen) atoms. The van der Waals surface area contributed by atoms with E-state index >= 15 is 0 Å². The Morgan fingerprint density at radius 1 is 1.10 bits per heavy atom. The van der Waals surface area contributed by atoms with Crippen LogP contribution in [0.1, 0.15) is 17.2 Å². The normalized spacial score (nSPS) is 12.5. The van der Waals surface area contributed by atoms with Gasteiger partial charge in [0.05, 0.1) is 5.52 Å². The maximum atomic E-state index is 6.32. The number of benzene rings is 2. The molecule has 3 aromatic rings. The summed E-state index contributed by atoms with van der Waals surface area (Å²) in [6.45, 7) is 2.10. The lowest BCUT2D eigenvalue weighted by molar-refractivity contribution is 0.833. The Morgan fingerprint density at radius 3 is 2.71 bits per heavy atom. The zero-order chi connectivity index (χ0) is 14.7. The molecule has 0 saturated carbocycles. The predicted molar refractivity (Wildman–Crippen MR) is 90.6 cm³/mol. The second kappa shape index (κ2) is 6.29. The zero-order valence-corrected chi connectivity index (χ0v) is 12.8. The fourth-order valence-corrected chi connectivity index (χ4v) is 3.13. The van der Waals surface area contributed by atoms with Crippen LogP contribution in [0.4, 0.5) is 0 Å². The highest BCUT2D eigenvalue weighted by Crippen LogP contribution is 2.25. The van der Waals surface area contributed by atoms with Crippen LogP contribution in [-0.2, 0) is 0 Å². The molecule has 106 valence electrons. The van der Waals surface area contributed by atoms with Gasteiger partial charge >= 0.3 is 0 Å². The lowest BCUT2D eigenvalue weighted by Gasteiger charge is -2.12. The second-order valence-corrected chi connectivity index (χ2v) is 6.28. The van der Waals surface area contributed by atoms with Crippen molar-refractivity contribution in [2.45, 2.75) is 17.9 Å². The molecular formula is C18H18N2S. The number of aryl methyl sites for hydroxylation is 1. The molecule has 0 radical (unpaired) electrons. The van der Waals surface area contributed by atoms with Gasteiger partial charge in [0.1, 0.15) is 0 Å². The topological polar surface area (TPSA) is 38.9 Å². The maximum absolute atomic E-state index is 6.32.